The van der Waals surface area contributed by atoms with Crippen LogP contribution in [0.1, 0.15) is 11.4 Å². The van der Waals surface area contributed by atoms with Crippen molar-refractivity contribution < 1.29 is 17.9 Å². The SMILES string of the molecule is COc1ccc(S(=O)(=O)N2CCc3nc[nH]c3C2)c(OC)c1. The summed E-state index contributed by atoms with van der Waals surface area (Å²) in [7, 11) is -0.683. The molecule has 22 heavy (non-hydrogen) atoms. The number of nitrogens with zero attached hydrogens (tertiary/aromatic N) is 2. The highest BCUT2D eigenvalue weighted by molar-refractivity contribution is 7.89. The van der Waals surface area contributed by atoms with Crippen molar-refractivity contribution in [2.75, 3.05) is 20.8 Å². The van der Waals surface area contributed by atoms with E-state index in [0.717, 1.165) is 11.4 Å². The molecule has 1 aliphatic rings. The number of rotatable bonds is 4. The molecule has 0 aliphatic carbocycles. The van der Waals surface area contributed by atoms with Crippen LogP contribution in [0.25, 0.3) is 0 Å². The molecule has 0 amide bonds. The molecule has 7 nitrogen and oxygen atoms in total. The molecule has 0 fully saturated rings. The lowest BCUT2D eigenvalue weighted by Gasteiger charge is -2.26. The topological polar surface area (TPSA) is 84.5 Å². The summed E-state index contributed by atoms with van der Waals surface area (Å²) in [6.07, 6.45) is 2.19. The standard InChI is InChI=1S/C14H17N3O4S/c1-20-10-3-4-14(13(7-10)21-2)22(18,19)17-6-5-11-12(8-17)16-9-15-11/h3-4,7,9H,5-6,8H2,1-2H3,(H,15,16). The first-order valence-electron chi connectivity index (χ1n) is 6.79. The first kappa shape index (κ1) is 14.9. The quantitative estimate of drug-likeness (QED) is 0.913. The summed E-state index contributed by atoms with van der Waals surface area (Å²) in [6, 6.07) is 4.69. The number of imidazole rings is 1. The molecule has 0 saturated heterocycles. The Hall–Kier alpha value is -2.06. The van der Waals surface area contributed by atoms with Crippen molar-refractivity contribution in [3.63, 3.8) is 0 Å². The van der Waals surface area contributed by atoms with Crippen molar-refractivity contribution in [1.29, 1.82) is 0 Å². The summed E-state index contributed by atoms with van der Waals surface area (Å²) in [6.45, 7) is 0.683. The van der Waals surface area contributed by atoms with Gasteiger partial charge in [-0.2, -0.15) is 4.31 Å². The van der Waals surface area contributed by atoms with E-state index in [2.05, 4.69) is 9.97 Å². The van der Waals surface area contributed by atoms with Gasteiger partial charge in [0.1, 0.15) is 16.4 Å². The Morgan fingerprint density at radius 1 is 1.27 bits per heavy atom. The molecule has 1 N–H and O–H groups in total. The Balaban J connectivity index is 1.97. The van der Waals surface area contributed by atoms with Crippen molar-refractivity contribution in [3.8, 4) is 11.5 Å². The van der Waals surface area contributed by atoms with Gasteiger partial charge in [0.15, 0.2) is 0 Å². The molecule has 3 rings (SSSR count). The number of methoxy groups -OCH3 is 2. The first-order chi connectivity index (χ1) is 10.6. The Bertz CT molecular complexity index is 785. The lowest BCUT2D eigenvalue weighted by atomic mass is 10.2. The highest BCUT2D eigenvalue weighted by atomic mass is 32.2. The van der Waals surface area contributed by atoms with Crippen LogP contribution in [0.3, 0.4) is 0 Å². The highest BCUT2D eigenvalue weighted by Gasteiger charge is 2.31. The minimum absolute atomic E-state index is 0.138. The molecule has 0 unspecified atom stereocenters. The summed E-state index contributed by atoms with van der Waals surface area (Å²) in [5.41, 5.74) is 1.76. The molecule has 0 spiro atoms. The van der Waals surface area contributed by atoms with E-state index in [9.17, 15) is 8.42 Å². The fourth-order valence-corrected chi connectivity index (χ4v) is 4.07. The van der Waals surface area contributed by atoms with Gasteiger partial charge in [-0.15, -0.1) is 0 Å². The number of aromatic nitrogens is 2. The summed E-state index contributed by atoms with van der Waals surface area (Å²) in [5, 5.41) is 0. The van der Waals surface area contributed by atoms with E-state index in [1.165, 1.54) is 24.6 Å². The van der Waals surface area contributed by atoms with E-state index >= 15 is 0 Å². The molecule has 1 aliphatic heterocycles. The van der Waals surface area contributed by atoms with Crippen LogP contribution in [0.4, 0.5) is 0 Å². The van der Waals surface area contributed by atoms with Crippen molar-refractivity contribution in [2.45, 2.75) is 17.9 Å². The molecule has 0 bridgehead atoms. The number of H-pyrrole nitrogens is 1. The minimum atomic E-state index is -3.65. The molecule has 1 aromatic carbocycles. The van der Waals surface area contributed by atoms with Crippen molar-refractivity contribution in [2.24, 2.45) is 0 Å². The number of hydrogen-bond donors (Lipinski definition) is 1. The summed E-state index contributed by atoms with van der Waals surface area (Å²) in [5.74, 6) is 0.819. The van der Waals surface area contributed by atoms with Crippen molar-refractivity contribution in [3.05, 3.63) is 35.9 Å². The van der Waals surface area contributed by atoms with Crippen LogP contribution in [0.5, 0.6) is 11.5 Å². The van der Waals surface area contributed by atoms with Crippen LogP contribution in [0.2, 0.25) is 0 Å². The highest BCUT2D eigenvalue weighted by Crippen LogP contribution is 2.32. The third-order valence-electron chi connectivity index (χ3n) is 3.73. The average Bonchev–Trinajstić information content (AvgIpc) is 3.01. The summed E-state index contributed by atoms with van der Waals surface area (Å²) in [4.78, 5) is 7.31. The molecule has 0 saturated carbocycles. The van der Waals surface area contributed by atoms with Gasteiger partial charge < -0.3 is 14.5 Å². The summed E-state index contributed by atoms with van der Waals surface area (Å²) >= 11 is 0. The van der Waals surface area contributed by atoms with Gasteiger partial charge in [-0.25, -0.2) is 13.4 Å². The van der Waals surface area contributed by atoms with Gasteiger partial charge in [-0.1, -0.05) is 0 Å². The zero-order valence-electron chi connectivity index (χ0n) is 12.4. The van der Waals surface area contributed by atoms with E-state index < -0.39 is 10.0 Å². The molecule has 2 heterocycles. The lowest BCUT2D eigenvalue weighted by Crippen LogP contribution is -2.36. The fourth-order valence-electron chi connectivity index (χ4n) is 2.52. The maximum Gasteiger partial charge on any atom is 0.247 e. The molecule has 2 aromatic rings. The molecule has 8 heteroatoms. The van der Waals surface area contributed by atoms with E-state index in [4.69, 9.17) is 9.47 Å². The van der Waals surface area contributed by atoms with Crippen LogP contribution < -0.4 is 9.47 Å². The second kappa shape index (κ2) is 5.62. The Kier molecular flexibility index (Phi) is 3.79. The number of benzene rings is 1. The van der Waals surface area contributed by atoms with Crippen LogP contribution in [-0.4, -0.2) is 43.5 Å². The van der Waals surface area contributed by atoms with Gasteiger partial charge in [0.2, 0.25) is 10.0 Å². The predicted octanol–water partition coefficient (Wildman–Crippen LogP) is 1.17. The van der Waals surface area contributed by atoms with Crippen LogP contribution in [0, 0.1) is 0 Å². The van der Waals surface area contributed by atoms with E-state index in [1.807, 2.05) is 0 Å². The second-order valence-electron chi connectivity index (χ2n) is 4.93. The van der Waals surface area contributed by atoms with Gasteiger partial charge >= 0.3 is 0 Å². The average molecular weight is 323 g/mol. The maximum absolute atomic E-state index is 12.9. The van der Waals surface area contributed by atoms with Crippen LogP contribution in [0.15, 0.2) is 29.4 Å². The van der Waals surface area contributed by atoms with Gasteiger partial charge in [0, 0.05) is 19.0 Å². The Labute approximate surface area is 128 Å². The van der Waals surface area contributed by atoms with Crippen molar-refractivity contribution >= 4 is 10.0 Å². The first-order valence-corrected chi connectivity index (χ1v) is 8.23. The Morgan fingerprint density at radius 2 is 2.09 bits per heavy atom. The number of fused-ring (bicyclic) bond motifs is 1. The van der Waals surface area contributed by atoms with Crippen LogP contribution >= 0.6 is 0 Å². The number of ether oxygens (including phenoxy) is 2. The van der Waals surface area contributed by atoms with Crippen LogP contribution in [-0.2, 0) is 23.0 Å². The summed E-state index contributed by atoms with van der Waals surface area (Å²) < 4.78 is 37.5. The molecular weight excluding hydrogens is 306 g/mol. The number of aromatic amines is 1. The third-order valence-corrected chi connectivity index (χ3v) is 5.61. The van der Waals surface area contributed by atoms with E-state index in [-0.39, 0.29) is 17.2 Å². The van der Waals surface area contributed by atoms with Gasteiger partial charge in [-0.05, 0) is 12.1 Å². The Morgan fingerprint density at radius 3 is 2.82 bits per heavy atom. The smallest absolute Gasteiger partial charge is 0.247 e. The molecular formula is C14H17N3O4S. The number of sulfonamides is 1. The van der Waals surface area contributed by atoms with Gasteiger partial charge in [0.25, 0.3) is 0 Å². The molecule has 1 aromatic heterocycles. The normalized spacial score (nSPS) is 15.4. The minimum Gasteiger partial charge on any atom is -0.497 e. The third kappa shape index (κ3) is 2.44. The van der Waals surface area contributed by atoms with Gasteiger partial charge in [0.05, 0.1) is 38.5 Å². The monoisotopic (exact) mass is 323 g/mol. The predicted molar refractivity (Wildman–Crippen MR) is 79.4 cm³/mol. The van der Waals surface area contributed by atoms with E-state index in [1.54, 1.807) is 18.5 Å². The molecule has 0 radical (unpaired) electrons. The van der Waals surface area contributed by atoms with Crippen molar-refractivity contribution in [1.82, 2.24) is 14.3 Å². The number of nitrogens with one attached hydrogen (secondary N) is 1. The van der Waals surface area contributed by atoms with E-state index in [0.29, 0.717) is 18.7 Å². The fraction of sp³-hybridized carbons (Fsp3) is 0.357. The maximum atomic E-state index is 12.9. The molecule has 118 valence electrons. The largest absolute Gasteiger partial charge is 0.497 e. The zero-order chi connectivity index (χ0) is 15.7. The molecule has 0 atom stereocenters. The second-order valence-corrected chi connectivity index (χ2v) is 6.84. The van der Waals surface area contributed by atoms with Gasteiger partial charge in [-0.3, -0.25) is 0 Å². The number of hydrogen-bond acceptors (Lipinski definition) is 5. The zero-order valence-corrected chi connectivity index (χ0v) is 13.2. The lowest BCUT2D eigenvalue weighted by molar-refractivity contribution is 0.369.